The standard InChI is InChI=1S/C14H12N4O2/c19-14(11-9-15-18-17-11)16-13(12-7-4-8-20-12)10-5-2-1-3-6-10/h1-9,13H,(H,16,19)(H,15,17,18). The fourth-order valence-electron chi connectivity index (χ4n) is 1.94. The average molecular weight is 268 g/mol. The Morgan fingerprint density at radius 1 is 1.20 bits per heavy atom. The summed E-state index contributed by atoms with van der Waals surface area (Å²) >= 11 is 0. The number of aromatic nitrogens is 3. The predicted molar refractivity (Wildman–Crippen MR) is 70.8 cm³/mol. The van der Waals surface area contributed by atoms with E-state index in [9.17, 15) is 4.79 Å². The molecule has 0 spiro atoms. The van der Waals surface area contributed by atoms with Gasteiger partial charge < -0.3 is 9.73 Å². The second kappa shape index (κ2) is 5.40. The molecule has 100 valence electrons. The van der Waals surface area contributed by atoms with Crippen LogP contribution in [-0.4, -0.2) is 21.3 Å². The Bertz CT molecular complexity index is 663. The van der Waals surface area contributed by atoms with E-state index in [-0.39, 0.29) is 17.6 Å². The Kier molecular flexibility index (Phi) is 3.28. The Morgan fingerprint density at radius 3 is 2.70 bits per heavy atom. The molecular formula is C14H12N4O2. The number of H-pyrrole nitrogens is 1. The highest BCUT2D eigenvalue weighted by atomic mass is 16.3. The van der Waals surface area contributed by atoms with E-state index in [2.05, 4.69) is 20.7 Å². The van der Waals surface area contributed by atoms with Gasteiger partial charge in [0, 0.05) is 0 Å². The third-order valence-corrected chi connectivity index (χ3v) is 2.88. The number of rotatable bonds is 4. The molecule has 0 fully saturated rings. The molecule has 3 aromatic rings. The molecule has 0 bridgehead atoms. The lowest BCUT2D eigenvalue weighted by Crippen LogP contribution is -2.29. The maximum absolute atomic E-state index is 12.1. The van der Waals surface area contributed by atoms with Crippen molar-refractivity contribution in [1.29, 1.82) is 0 Å². The van der Waals surface area contributed by atoms with Gasteiger partial charge in [-0.3, -0.25) is 4.79 Å². The van der Waals surface area contributed by atoms with Gasteiger partial charge in [-0.2, -0.15) is 15.4 Å². The van der Waals surface area contributed by atoms with Crippen LogP contribution in [0.3, 0.4) is 0 Å². The molecule has 6 heteroatoms. The van der Waals surface area contributed by atoms with Gasteiger partial charge in [0.25, 0.3) is 5.91 Å². The van der Waals surface area contributed by atoms with E-state index in [4.69, 9.17) is 4.42 Å². The Morgan fingerprint density at radius 2 is 2.05 bits per heavy atom. The summed E-state index contributed by atoms with van der Waals surface area (Å²) in [6.45, 7) is 0. The highest BCUT2D eigenvalue weighted by Crippen LogP contribution is 2.22. The number of amides is 1. The van der Waals surface area contributed by atoms with Crippen LogP contribution in [0.25, 0.3) is 0 Å². The van der Waals surface area contributed by atoms with Crippen molar-refractivity contribution in [1.82, 2.24) is 20.7 Å². The molecule has 2 aromatic heterocycles. The van der Waals surface area contributed by atoms with Crippen molar-refractivity contribution in [3.8, 4) is 0 Å². The molecule has 20 heavy (non-hydrogen) atoms. The van der Waals surface area contributed by atoms with Crippen LogP contribution in [0, 0.1) is 0 Å². The zero-order valence-corrected chi connectivity index (χ0v) is 10.5. The summed E-state index contributed by atoms with van der Waals surface area (Å²) in [5.41, 5.74) is 1.16. The fourth-order valence-corrected chi connectivity index (χ4v) is 1.94. The topological polar surface area (TPSA) is 83.8 Å². The Labute approximate surface area is 114 Å². The molecule has 3 rings (SSSR count). The zero-order chi connectivity index (χ0) is 13.8. The van der Waals surface area contributed by atoms with Crippen LogP contribution in [0.15, 0.2) is 59.3 Å². The summed E-state index contributed by atoms with van der Waals surface area (Å²) in [7, 11) is 0. The molecule has 6 nitrogen and oxygen atoms in total. The van der Waals surface area contributed by atoms with Crippen molar-refractivity contribution < 1.29 is 9.21 Å². The second-order valence-electron chi connectivity index (χ2n) is 4.19. The quantitative estimate of drug-likeness (QED) is 0.757. The summed E-state index contributed by atoms with van der Waals surface area (Å²) in [4.78, 5) is 12.1. The largest absolute Gasteiger partial charge is 0.467 e. The van der Waals surface area contributed by atoms with E-state index < -0.39 is 0 Å². The fraction of sp³-hybridized carbons (Fsp3) is 0.0714. The lowest BCUT2D eigenvalue weighted by Gasteiger charge is -2.16. The molecule has 2 N–H and O–H groups in total. The van der Waals surface area contributed by atoms with E-state index in [0.29, 0.717) is 5.76 Å². The number of hydrogen-bond acceptors (Lipinski definition) is 4. The normalized spacial score (nSPS) is 12.0. The van der Waals surface area contributed by atoms with E-state index in [1.165, 1.54) is 6.20 Å². The monoisotopic (exact) mass is 268 g/mol. The summed E-state index contributed by atoms with van der Waals surface area (Å²) in [5.74, 6) is 0.344. The van der Waals surface area contributed by atoms with Crippen LogP contribution in [0.2, 0.25) is 0 Å². The average Bonchev–Trinajstić information content (AvgIpc) is 3.18. The lowest BCUT2D eigenvalue weighted by molar-refractivity contribution is 0.0934. The van der Waals surface area contributed by atoms with Gasteiger partial charge >= 0.3 is 0 Å². The number of benzene rings is 1. The van der Waals surface area contributed by atoms with E-state index in [1.54, 1.807) is 12.3 Å². The molecule has 0 saturated carbocycles. The number of aromatic amines is 1. The van der Waals surface area contributed by atoms with Gasteiger partial charge in [-0.15, -0.1) is 0 Å². The van der Waals surface area contributed by atoms with E-state index in [0.717, 1.165) is 5.56 Å². The molecule has 0 aliphatic heterocycles. The maximum Gasteiger partial charge on any atom is 0.274 e. The van der Waals surface area contributed by atoms with Crippen LogP contribution in [0.4, 0.5) is 0 Å². The van der Waals surface area contributed by atoms with Crippen molar-refractivity contribution in [2.24, 2.45) is 0 Å². The number of nitrogens with one attached hydrogen (secondary N) is 2. The molecule has 2 heterocycles. The third-order valence-electron chi connectivity index (χ3n) is 2.88. The minimum absolute atomic E-state index is 0.234. The van der Waals surface area contributed by atoms with Gasteiger partial charge in [-0.1, -0.05) is 30.3 Å². The van der Waals surface area contributed by atoms with Gasteiger partial charge in [0.05, 0.1) is 12.5 Å². The first-order valence-corrected chi connectivity index (χ1v) is 6.09. The molecule has 1 amide bonds. The molecule has 0 aliphatic rings. The van der Waals surface area contributed by atoms with Gasteiger partial charge in [0.15, 0.2) is 5.69 Å². The SMILES string of the molecule is O=C(NC(c1ccccc1)c1ccco1)c1cn[nH]n1. The molecule has 0 saturated heterocycles. The number of carbonyl (C=O) groups is 1. The molecule has 1 atom stereocenters. The first kappa shape index (κ1) is 12.2. The van der Waals surface area contributed by atoms with Crippen molar-refractivity contribution in [2.45, 2.75) is 6.04 Å². The highest BCUT2D eigenvalue weighted by molar-refractivity contribution is 5.92. The van der Waals surface area contributed by atoms with E-state index >= 15 is 0 Å². The summed E-state index contributed by atoms with van der Waals surface area (Å²) in [6, 6.07) is 12.8. The predicted octanol–water partition coefficient (Wildman–Crippen LogP) is 1.92. The number of furan rings is 1. The minimum Gasteiger partial charge on any atom is -0.467 e. The molecule has 0 radical (unpaired) electrons. The van der Waals surface area contributed by atoms with Crippen LogP contribution >= 0.6 is 0 Å². The summed E-state index contributed by atoms with van der Waals surface area (Å²) in [5, 5.41) is 12.7. The third kappa shape index (κ3) is 2.44. The van der Waals surface area contributed by atoms with Crippen LogP contribution in [-0.2, 0) is 0 Å². The Hall–Kier alpha value is -2.89. The van der Waals surface area contributed by atoms with Crippen LogP contribution in [0.5, 0.6) is 0 Å². The smallest absolute Gasteiger partial charge is 0.274 e. The van der Waals surface area contributed by atoms with Crippen molar-refractivity contribution in [3.63, 3.8) is 0 Å². The Balaban J connectivity index is 1.89. The molecule has 1 unspecified atom stereocenters. The summed E-state index contributed by atoms with van der Waals surface area (Å²) < 4.78 is 5.41. The van der Waals surface area contributed by atoms with Gasteiger partial charge in [-0.25, -0.2) is 0 Å². The number of carbonyl (C=O) groups excluding carboxylic acids is 1. The first-order chi connectivity index (χ1) is 9.84. The first-order valence-electron chi connectivity index (χ1n) is 6.09. The lowest BCUT2D eigenvalue weighted by atomic mass is 10.0. The van der Waals surface area contributed by atoms with Crippen LogP contribution < -0.4 is 5.32 Å². The number of nitrogens with zero attached hydrogens (tertiary/aromatic N) is 2. The van der Waals surface area contributed by atoms with Crippen LogP contribution in [0.1, 0.15) is 27.9 Å². The molecular weight excluding hydrogens is 256 g/mol. The van der Waals surface area contributed by atoms with Gasteiger partial charge in [0.1, 0.15) is 11.8 Å². The molecule has 0 aliphatic carbocycles. The number of hydrogen-bond donors (Lipinski definition) is 2. The van der Waals surface area contributed by atoms with Gasteiger partial charge in [-0.05, 0) is 17.7 Å². The zero-order valence-electron chi connectivity index (χ0n) is 10.5. The highest BCUT2D eigenvalue weighted by Gasteiger charge is 2.21. The molecule has 1 aromatic carbocycles. The van der Waals surface area contributed by atoms with Crippen molar-refractivity contribution >= 4 is 5.91 Å². The van der Waals surface area contributed by atoms with Crippen molar-refractivity contribution in [3.05, 3.63) is 71.9 Å². The van der Waals surface area contributed by atoms with Crippen molar-refractivity contribution in [2.75, 3.05) is 0 Å². The maximum atomic E-state index is 12.1. The minimum atomic E-state index is -0.365. The van der Waals surface area contributed by atoms with Gasteiger partial charge in [0.2, 0.25) is 0 Å². The van der Waals surface area contributed by atoms with E-state index in [1.807, 2.05) is 36.4 Å². The second-order valence-corrected chi connectivity index (χ2v) is 4.19. The summed E-state index contributed by atoms with van der Waals surface area (Å²) in [6.07, 6.45) is 2.95.